The third kappa shape index (κ3) is 7.39. The van der Waals surface area contributed by atoms with Crippen LogP contribution in [0.1, 0.15) is 65.2 Å². The van der Waals surface area contributed by atoms with Gasteiger partial charge in [-0.15, -0.1) is 0 Å². The summed E-state index contributed by atoms with van der Waals surface area (Å²) in [5.74, 6) is -2.21. The lowest BCUT2D eigenvalue weighted by molar-refractivity contribution is 0.0686. The van der Waals surface area contributed by atoms with E-state index in [-0.39, 0.29) is 22.6 Å². The van der Waals surface area contributed by atoms with Gasteiger partial charge in [0.2, 0.25) is 0 Å². The Labute approximate surface area is 239 Å². The molecular formula is C34H34O7. The Morgan fingerprint density at radius 3 is 1.27 bits per heavy atom. The van der Waals surface area contributed by atoms with E-state index < -0.39 is 17.9 Å². The molecule has 0 saturated heterocycles. The average Bonchev–Trinajstić information content (AvgIpc) is 3.00. The molecule has 41 heavy (non-hydrogen) atoms. The molecule has 212 valence electrons. The Hall–Kier alpha value is -4.91. The SMILES string of the molecule is CC.CCC(C)COc1c(-c2ccc(C(=O)O)cc2)cc(-c2ccc(C(=O)O)cc2)cc1-c1ccc(C(=O)O)cc1. The van der Waals surface area contributed by atoms with Gasteiger partial charge in [-0.3, -0.25) is 0 Å². The number of hydrogen-bond acceptors (Lipinski definition) is 4. The van der Waals surface area contributed by atoms with Gasteiger partial charge in [-0.2, -0.15) is 0 Å². The van der Waals surface area contributed by atoms with Crippen molar-refractivity contribution in [3.63, 3.8) is 0 Å². The molecular weight excluding hydrogens is 520 g/mol. The lowest BCUT2D eigenvalue weighted by atomic mass is 9.91. The molecule has 0 aliphatic carbocycles. The molecule has 3 N–H and O–H groups in total. The monoisotopic (exact) mass is 554 g/mol. The van der Waals surface area contributed by atoms with Crippen LogP contribution >= 0.6 is 0 Å². The Morgan fingerprint density at radius 1 is 0.610 bits per heavy atom. The van der Waals surface area contributed by atoms with Gasteiger partial charge in [0.15, 0.2) is 0 Å². The normalized spacial score (nSPS) is 11.1. The fourth-order valence-electron chi connectivity index (χ4n) is 4.11. The summed E-state index contributed by atoms with van der Waals surface area (Å²) in [6.07, 6.45) is 0.916. The second-order valence-corrected chi connectivity index (χ2v) is 9.37. The van der Waals surface area contributed by atoms with Crippen molar-refractivity contribution in [2.45, 2.75) is 34.1 Å². The van der Waals surface area contributed by atoms with E-state index in [1.54, 1.807) is 36.4 Å². The lowest BCUT2D eigenvalue weighted by Crippen LogP contribution is -2.09. The molecule has 4 rings (SSSR count). The van der Waals surface area contributed by atoms with E-state index in [1.807, 2.05) is 26.0 Å². The van der Waals surface area contributed by atoms with E-state index in [1.165, 1.54) is 36.4 Å². The zero-order chi connectivity index (χ0) is 30.1. The topological polar surface area (TPSA) is 121 Å². The molecule has 4 aromatic carbocycles. The molecule has 0 spiro atoms. The summed E-state index contributed by atoms with van der Waals surface area (Å²) in [6.45, 7) is 8.61. The molecule has 7 heteroatoms. The van der Waals surface area contributed by atoms with E-state index in [4.69, 9.17) is 4.74 Å². The summed E-state index contributed by atoms with van der Waals surface area (Å²) in [7, 11) is 0. The maximum absolute atomic E-state index is 11.4. The van der Waals surface area contributed by atoms with Crippen molar-refractivity contribution in [3.05, 3.63) is 102 Å². The fourth-order valence-corrected chi connectivity index (χ4v) is 4.11. The molecule has 1 atom stereocenters. The maximum atomic E-state index is 11.4. The van der Waals surface area contributed by atoms with E-state index in [2.05, 4.69) is 13.8 Å². The first-order valence-corrected chi connectivity index (χ1v) is 13.5. The number of carboxylic acid groups (broad SMARTS) is 3. The predicted molar refractivity (Wildman–Crippen MR) is 160 cm³/mol. The van der Waals surface area contributed by atoms with Gasteiger partial charge in [0.05, 0.1) is 23.3 Å². The second kappa shape index (κ2) is 13.9. The molecule has 4 aromatic rings. The maximum Gasteiger partial charge on any atom is 0.335 e. The summed E-state index contributed by atoms with van der Waals surface area (Å²) < 4.78 is 6.42. The standard InChI is InChI=1S/C32H28O7.C2H6/c1-3-19(2)18-39-29-27(21-6-12-24(13-7-21)31(35)36)16-26(20-4-10-23(11-5-20)30(33)34)17-28(29)22-8-14-25(15-9-22)32(37)38;1-2/h4-17,19H,3,18H2,1-2H3,(H,33,34)(H,35,36)(H,37,38);1-2H3. The van der Waals surface area contributed by atoms with Gasteiger partial charge in [0, 0.05) is 11.1 Å². The van der Waals surface area contributed by atoms with Gasteiger partial charge in [-0.25, -0.2) is 14.4 Å². The van der Waals surface area contributed by atoms with Crippen LogP contribution in [-0.2, 0) is 0 Å². The van der Waals surface area contributed by atoms with Crippen LogP contribution in [-0.4, -0.2) is 39.8 Å². The largest absolute Gasteiger partial charge is 0.492 e. The highest BCUT2D eigenvalue weighted by Gasteiger charge is 2.19. The summed E-state index contributed by atoms with van der Waals surface area (Å²) in [4.78, 5) is 34.3. The Kier molecular flexibility index (Phi) is 10.4. The van der Waals surface area contributed by atoms with Gasteiger partial charge in [-0.1, -0.05) is 70.5 Å². The van der Waals surface area contributed by atoms with E-state index in [9.17, 15) is 29.7 Å². The van der Waals surface area contributed by atoms with Crippen LogP contribution in [0.2, 0.25) is 0 Å². The van der Waals surface area contributed by atoms with Crippen LogP contribution in [0.5, 0.6) is 5.75 Å². The third-order valence-corrected chi connectivity index (χ3v) is 6.65. The Morgan fingerprint density at radius 2 is 0.951 bits per heavy atom. The van der Waals surface area contributed by atoms with Crippen molar-refractivity contribution in [3.8, 4) is 39.1 Å². The van der Waals surface area contributed by atoms with Gasteiger partial charge >= 0.3 is 17.9 Å². The van der Waals surface area contributed by atoms with Crippen molar-refractivity contribution in [1.29, 1.82) is 0 Å². The van der Waals surface area contributed by atoms with Crippen LogP contribution < -0.4 is 4.74 Å². The van der Waals surface area contributed by atoms with Crippen LogP contribution in [0.15, 0.2) is 84.9 Å². The van der Waals surface area contributed by atoms with Crippen LogP contribution in [0.3, 0.4) is 0 Å². The van der Waals surface area contributed by atoms with Crippen LogP contribution in [0.25, 0.3) is 33.4 Å². The van der Waals surface area contributed by atoms with Crippen LogP contribution in [0.4, 0.5) is 0 Å². The molecule has 0 bridgehead atoms. The number of aromatic carboxylic acids is 3. The van der Waals surface area contributed by atoms with Crippen molar-refractivity contribution >= 4 is 17.9 Å². The molecule has 7 nitrogen and oxygen atoms in total. The molecule has 0 heterocycles. The number of benzene rings is 4. The van der Waals surface area contributed by atoms with Gasteiger partial charge in [0.25, 0.3) is 0 Å². The zero-order valence-electron chi connectivity index (χ0n) is 23.5. The fraction of sp³-hybridized carbons (Fsp3) is 0.206. The Bertz CT molecular complexity index is 1420. The smallest absolute Gasteiger partial charge is 0.335 e. The first-order chi connectivity index (χ1) is 19.7. The average molecular weight is 555 g/mol. The molecule has 0 aliphatic heterocycles. The first kappa shape index (κ1) is 30.6. The van der Waals surface area contributed by atoms with Gasteiger partial charge in [-0.05, 0) is 76.7 Å². The minimum atomic E-state index is -1.03. The molecule has 0 amide bonds. The number of rotatable bonds is 10. The van der Waals surface area contributed by atoms with Crippen molar-refractivity contribution in [2.75, 3.05) is 6.61 Å². The predicted octanol–water partition coefficient (Wildman–Crippen LogP) is 8.23. The number of ether oxygens (including phenoxy) is 1. The minimum Gasteiger partial charge on any atom is -0.492 e. The zero-order valence-corrected chi connectivity index (χ0v) is 23.5. The van der Waals surface area contributed by atoms with Crippen molar-refractivity contribution in [2.24, 2.45) is 5.92 Å². The van der Waals surface area contributed by atoms with E-state index in [0.29, 0.717) is 12.4 Å². The highest BCUT2D eigenvalue weighted by molar-refractivity contribution is 5.93. The highest BCUT2D eigenvalue weighted by Crippen LogP contribution is 2.43. The summed E-state index contributed by atoms with van der Waals surface area (Å²) >= 11 is 0. The van der Waals surface area contributed by atoms with E-state index in [0.717, 1.165) is 39.8 Å². The van der Waals surface area contributed by atoms with Crippen molar-refractivity contribution < 1.29 is 34.4 Å². The molecule has 1 unspecified atom stereocenters. The third-order valence-electron chi connectivity index (χ3n) is 6.65. The summed E-state index contributed by atoms with van der Waals surface area (Å²) in [5, 5.41) is 28.1. The Balaban J connectivity index is 0.00000226. The molecule has 0 radical (unpaired) electrons. The molecule has 0 aliphatic rings. The van der Waals surface area contributed by atoms with E-state index >= 15 is 0 Å². The van der Waals surface area contributed by atoms with Crippen LogP contribution in [0, 0.1) is 5.92 Å². The first-order valence-electron chi connectivity index (χ1n) is 13.5. The lowest BCUT2D eigenvalue weighted by Gasteiger charge is -2.21. The number of hydrogen-bond donors (Lipinski definition) is 3. The summed E-state index contributed by atoms with van der Waals surface area (Å²) in [6, 6.07) is 23.4. The number of carbonyl (C=O) groups is 3. The molecule has 0 fully saturated rings. The quantitative estimate of drug-likeness (QED) is 0.180. The minimum absolute atomic E-state index is 0.158. The van der Waals surface area contributed by atoms with Gasteiger partial charge in [0.1, 0.15) is 5.75 Å². The summed E-state index contributed by atoms with van der Waals surface area (Å²) in [5.41, 5.74) is 4.99. The van der Waals surface area contributed by atoms with Crippen molar-refractivity contribution in [1.82, 2.24) is 0 Å². The van der Waals surface area contributed by atoms with Gasteiger partial charge < -0.3 is 20.1 Å². The highest BCUT2D eigenvalue weighted by atomic mass is 16.5. The molecule has 0 aromatic heterocycles. The second-order valence-electron chi connectivity index (χ2n) is 9.37. The molecule has 0 saturated carbocycles. The number of carboxylic acids is 3.